The van der Waals surface area contributed by atoms with E-state index in [0.717, 1.165) is 32.4 Å². The first-order valence-corrected chi connectivity index (χ1v) is 8.42. The van der Waals surface area contributed by atoms with Crippen LogP contribution in [0.15, 0.2) is 24.3 Å². The van der Waals surface area contributed by atoms with Gasteiger partial charge in [-0.2, -0.15) is 0 Å². The number of benzene rings is 1. The molecule has 0 heterocycles. The smallest absolute Gasteiger partial charge is 0.227 e. The number of rotatable bonds is 9. The standard InChI is InChI=1S/C19H32N2O.ClH/c1-15(2)14-17-10-6-7-11-18(17)16(3)19(22)20-12-8-9-13-21(4)5;/h6-7,10-11,15-16H,8-9,12-14H2,1-5H3,(H,20,22);1H. The number of unbranched alkanes of at least 4 members (excludes halogenated alkanes) is 1. The molecule has 0 aromatic heterocycles. The van der Waals surface area contributed by atoms with Crippen molar-refractivity contribution in [2.45, 2.75) is 46.0 Å². The van der Waals surface area contributed by atoms with Gasteiger partial charge in [-0.1, -0.05) is 38.1 Å². The number of nitrogens with one attached hydrogen (secondary N) is 1. The van der Waals surface area contributed by atoms with Gasteiger partial charge >= 0.3 is 0 Å². The molecule has 0 aliphatic rings. The molecule has 132 valence electrons. The maximum Gasteiger partial charge on any atom is 0.227 e. The topological polar surface area (TPSA) is 32.3 Å². The number of carbonyl (C=O) groups excluding carboxylic acids is 1. The van der Waals surface area contributed by atoms with E-state index in [0.29, 0.717) is 5.92 Å². The number of halogens is 1. The van der Waals surface area contributed by atoms with Gasteiger partial charge in [0.1, 0.15) is 0 Å². The summed E-state index contributed by atoms with van der Waals surface area (Å²) in [6.07, 6.45) is 3.17. The molecule has 0 saturated heterocycles. The molecule has 0 aliphatic heterocycles. The third kappa shape index (κ3) is 8.38. The lowest BCUT2D eigenvalue weighted by molar-refractivity contribution is -0.122. The highest BCUT2D eigenvalue weighted by atomic mass is 35.5. The highest BCUT2D eigenvalue weighted by molar-refractivity contribution is 5.85. The van der Waals surface area contributed by atoms with Crippen LogP contribution < -0.4 is 5.32 Å². The Bertz CT molecular complexity index is 460. The Morgan fingerprint density at radius 2 is 1.78 bits per heavy atom. The number of hydrogen-bond acceptors (Lipinski definition) is 2. The van der Waals surface area contributed by atoms with Crippen LogP contribution in [0.4, 0.5) is 0 Å². The van der Waals surface area contributed by atoms with Crippen LogP contribution in [0.25, 0.3) is 0 Å². The Hall–Kier alpha value is -1.06. The summed E-state index contributed by atoms with van der Waals surface area (Å²) in [5.74, 6) is 0.660. The fourth-order valence-electron chi connectivity index (χ4n) is 2.64. The van der Waals surface area contributed by atoms with E-state index in [4.69, 9.17) is 0 Å². The third-order valence-electron chi connectivity index (χ3n) is 3.87. The molecule has 1 rings (SSSR count). The average molecular weight is 341 g/mol. The van der Waals surface area contributed by atoms with Gasteiger partial charge in [0.2, 0.25) is 5.91 Å². The molecule has 23 heavy (non-hydrogen) atoms. The number of nitrogens with zero attached hydrogens (tertiary/aromatic N) is 1. The van der Waals surface area contributed by atoms with Crippen LogP contribution in [-0.4, -0.2) is 38.0 Å². The minimum atomic E-state index is -0.0798. The lowest BCUT2D eigenvalue weighted by atomic mass is 9.90. The molecule has 1 unspecified atom stereocenters. The van der Waals surface area contributed by atoms with E-state index in [1.165, 1.54) is 11.1 Å². The van der Waals surface area contributed by atoms with Crippen LogP contribution in [-0.2, 0) is 11.2 Å². The molecule has 1 atom stereocenters. The summed E-state index contributed by atoms with van der Waals surface area (Å²) in [5, 5.41) is 3.08. The summed E-state index contributed by atoms with van der Waals surface area (Å²) in [5.41, 5.74) is 2.47. The second kappa shape index (κ2) is 11.5. The minimum absolute atomic E-state index is 0. The van der Waals surface area contributed by atoms with Gasteiger partial charge in [0.05, 0.1) is 5.92 Å². The van der Waals surface area contributed by atoms with E-state index in [2.05, 4.69) is 56.4 Å². The Morgan fingerprint density at radius 3 is 2.39 bits per heavy atom. The molecule has 0 saturated carbocycles. The van der Waals surface area contributed by atoms with Gasteiger partial charge in [-0.15, -0.1) is 12.4 Å². The third-order valence-corrected chi connectivity index (χ3v) is 3.87. The SMILES string of the molecule is CC(C)Cc1ccccc1C(C)C(=O)NCCCCN(C)C.Cl. The average Bonchev–Trinajstić information content (AvgIpc) is 2.45. The molecule has 3 nitrogen and oxygen atoms in total. The van der Waals surface area contributed by atoms with Crippen molar-refractivity contribution >= 4 is 18.3 Å². The quantitative estimate of drug-likeness (QED) is 0.692. The molecule has 0 bridgehead atoms. The van der Waals surface area contributed by atoms with Crippen molar-refractivity contribution < 1.29 is 4.79 Å². The summed E-state index contributed by atoms with van der Waals surface area (Å²) in [6, 6.07) is 8.33. The van der Waals surface area contributed by atoms with E-state index < -0.39 is 0 Å². The number of hydrogen-bond donors (Lipinski definition) is 1. The minimum Gasteiger partial charge on any atom is -0.356 e. The molecule has 1 aromatic carbocycles. The highest BCUT2D eigenvalue weighted by Gasteiger charge is 2.18. The normalized spacial score (nSPS) is 12.1. The number of amides is 1. The van der Waals surface area contributed by atoms with Crippen molar-refractivity contribution in [3.05, 3.63) is 35.4 Å². The Morgan fingerprint density at radius 1 is 1.13 bits per heavy atom. The van der Waals surface area contributed by atoms with Crippen molar-refractivity contribution in [2.24, 2.45) is 5.92 Å². The first-order valence-electron chi connectivity index (χ1n) is 8.42. The summed E-state index contributed by atoms with van der Waals surface area (Å²) in [7, 11) is 4.15. The van der Waals surface area contributed by atoms with Crippen LogP contribution in [0, 0.1) is 5.92 Å². The van der Waals surface area contributed by atoms with Crippen LogP contribution in [0.1, 0.15) is 50.7 Å². The monoisotopic (exact) mass is 340 g/mol. The molecule has 1 N–H and O–H groups in total. The van der Waals surface area contributed by atoms with Gasteiger partial charge in [-0.25, -0.2) is 0 Å². The van der Waals surface area contributed by atoms with Gasteiger partial charge < -0.3 is 10.2 Å². The van der Waals surface area contributed by atoms with Crippen molar-refractivity contribution in [3.8, 4) is 0 Å². The second-order valence-corrected chi connectivity index (χ2v) is 6.82. The van der Waals surface area contributed by atoms with E-state index in [9.17, 15) is 4.79 Å². The predicted molar refractivity (Wildman–Crippen MR) is 101 cm³/mol. The molecule has 0 spiro atoms. The first kappa shape index (κ1) is 21.9. The Kier molecular flexibility index (Phi) is 10.9. The van der Waals surface area contributed by atoms with Crippen LogP contribution in [0.5, 0.6) is 0 Å². The summed E-state index contributed by atoms with van der Waals surface area (Å²) in [4.78, 5) is 14.5. The predicted octanol–water partition coefficient (Wildman–Crippen LogP) is 3.87. The Balaban J connectivity index is 0.00000484. The van der Waals surface area contributed by atoms with Crippen LogP contribution in [0.3, 0.4) is 0 Å². The largest absolute Gasteiger partial charge is 0.356 e. The van der Waals surface area contributed by atoms with Gasteiger partial charge in [0.15, 0.2) is 0 Å². The zero-order valence-electron chi connectivity index (χ0n) is 15.3. The molecule has 0 fully saturated rings. The van der Waals surface area contributed by atoms with E-state index >= 15 is 0 Å². The van der Waals surface area contributed by atoms with Gasteiger partial charge in [-0.3, -0.25) is 4.79 Å². The van der Waals surface area contributed by atoms with Crippen molar-refractivity contribution in [1.82, 2.24) is 10.2 Å². The van der Waals surface area contributed by atoms with Crippen LogP contribution >= 0.6 is 12.4 Å². The van der Waals surface area contributed by atoms with Crippen LogP contribution in [0.2, 0.25) is 0 Å². The van der Waals surface area contributed by atoms with E-state index in [1.54, 1.807) is 0 Å². The lowest BCUT2D eigenvalue weighted by Crippen LogP contribution is -2.29. The van der Waals surface area contributed by atoms with Gasteiger partial charge in [0, 0.05) is 6.54 Å². The van der Waals surface area contributed by atoms with E-state index in [1.807, 2.05) is 13.0 Å². The zero-order chi connectivity index (χ0) is 16.5. The summed E-state index contributed by atoms with van der Waals surface area (Å²) in [6.45, 7) is 8.28. The molecule has 1 amide bonds. The van der Waals surface area contributed by atoms with Gasteiger partial charge in [-0.05, 0) is 63.9 Å². The molecule has 1 aromatic rings. The summed E-state index contributed by atoms with van der Waals surface area (Å²) >= 11 is 0. The van der Waals surface area contributed by atoms with Gasteiger partial charge in [0.25, 0.3) is 0 Å². The molecule has 0 radical (unpaired) electrons. The van der Waals surface area contributed by atoms with Crippen molar-refractivity contribution in [1.29, 1.82) is 0 Å². The second-order valence-electron chi connectivity index (χ2n) is 6.82. The van der Waals surface area contributed by atoms with E-state index in [-0.39, 0.29) is 24.2 Å². The molecule has 4 heteroatoms. The number of carbonyl (C=O) groups is 1. The maximum atomic E-state index is 12.4. The zero-order valence-corrected chi connectivity index (χ0v) is 16.1. The fourth-order valence-corrected chi connectivity index (χ4v) is 2.64. The molecule has 0 aliphatic carbocycles. The lowest BCUT2D eigenvalue weighted by Gasteiger charge is -2.18. The first-order chi connectivity index (χ1) is 10.4. The maximum absolute atomic E-state index is 12.4. The molecular formula is C19H33ClN2O. The fraction of sp³-hybridized carbons (Fsp3) is 0.632. The van der Waals surface area contributed by atoms with Crippen molar-refractivity contribution in [2.75, 3.05) is 27.2 Å². The summed E-state index contributed by atoms with van der Waals surface area (Å²) < 4.78 is 0. The van der Waals surface area contributed by atoms with Crippen molar-refractivity contribution in [3.63, 3.8) is 0 Å². The molecular weight excluding hydrogens is 308 g/mol. The Labute approximate surface area is 148 Å². The highest BCUT2D eigenvalue weighted by Crippen LogP contribution is 2.22.